The van der Waals surface area contributed by atoms with Gasteiger partial charge in [-0.05, 0) is 31.1 Å². The maximum Gasteiger partial charge on any atom is 0.306 e. The van der Waals surface area contributed by atoms with Crippen molar-refractivity contribution in [1.82, 2.24) is 0 Å². The lowest BCUT2D eigenvalue weighted by Crippen LogP contribution is -2.30. The van der Waals surface area contributed by atoms with E-state index in [-0.39, 0.29) is 31.1 Å². The van der Waals surface area contributed by atoms with E-state index in [0.29, 0.717) is 19.3 Å². The van der Waals surface area contributed by atoms with E-state index < -0.39 is 6.10 Å². The summed E-state index contributed by atoms with van der Waals surface area (Å²) in [6.07, 6.45) is 45.5. The fourth-order valence-corrected chi connectivity index (χ4v) is 7.81. The van der Waals surface area contributed by atoms with Crippen molar-refractivity contribution in [2.45, 2.75) is 291 Å². The molecule has 0 saturated heterocycles. The number of hydrogen-bond acceptors (Lipinski definition) is 6. The summed E-state index contributed by atoms with van der Waals surface area (Å²) in [5.74, 6) is 0.831. The second kappa shape index (κ2) is 44.9. The Morgan fingerprint density at radius 2 is 0.569 bits per heavy atom. The molecule has 0 unspecified atom stereocenters. The first-order valence-electron chi connectivity index (χ1n) is 25.7. The van der Waals surface area contributed by atoms with E-state index >= 15 is 0 Å². The maximum atomic E-state index is 12.6. The van der Waals surface area contributed by atoms with Crippen LogP contribution in [0.25, 0.3) is 0 Å². The molecule has 0 radical (unpaired) electrons. The van der Waals surface area contributed by atoms with Crippen LogP contribution in [0.5, 0.6) is 0 Å². The molecule has 0 aliphatic carbocycles. The topological polar surface area (TPSA) is 78.9 Å². The predicted octanol–water partition coefficient (Wildman–Crippen LogP) is 16.5. The number of carbonyl (C=O) groups excluding carboxylic acids is 3. The largest absolute Gasteiger partial charge is 0.462 e. The molecule has 0 aromatic rings. The first kappa shape index (κ1) is 56.4. The lowest BCUT2D eigenvalue weighted by Gasteiger charge is -2.18. The minimum absolute atomic E-state index is 0.0651. The zero-order valence-corrected chi connectivity index (χ0v) is 39.7. The number of hydrogen-bond donors (Lipinski definition) is 0. The van der Waals surface area contributed by atoms with Gasteiger partial charge in [0.2, 0.25) is 0 Å². The van der Waals surface area contributed by atoms with Crippen molar-refractivity contribution in [3.05, 3.63) is 0 Å². The van der Waals surface area contributed by atoms with Crippen LogP contribution < -0.4 is 0 Å². The van der Waals surface area contributed by atoms with Gasteiger partial charge in [0.15, 0.2) is 6.10 Å². The van der Waals surface area contributed by atoms with Crippen molar-refractivity contribution >= 4 is 17.9 Å². The van der Waals surface area contributed by atoms with Crippen LogP contribution in [0.1, 0.15) is 285 Å². The van der Waals surface area contributed by atoms with Crippen LogP contribution in [0.3, 0.4) is 0 Å². The average molecular weight is 821 g/mol. The molecule has 0 fully saturated rings. The van der Waals surface area contributed by atoms with Crippen LogP contribution in [0.4, 0.5) is 0 Å². The highest BCUT2D eigenvalue weighted by Gasteiger charge is 2.19. The highest BCUT2D eigenvalue weighted by atomic mass is 16.6. The van der Waals surface area contributed by atoms with Crippen molar-refractivity contribution in [3.8, 4) is 0 Å². The molecule has 0 N–H and O–H groups in total. The fraction of sp³-hybridized carbons (Fsp3) is 0.942. The molecule has 0 rings (SSSR count). The summed E-state index contributed by atoms with van der Waals surface area (Å²) >= 11 is 0. The number of unbranched alkanes of at least 4 members (excludes halogenated alkanes) is 31. The van der Waals surface area contributed by atoms with E-state index in [2.05, 4.69) is 34.6 Å². The second-order valence-corrected chi connectivity index (χ2v) is 18.8. The molecule has 1 atom stereocenters. The quantitative estimate of drug-likeness (QED) is 0.0346. The van der Waals surface area contributed by atoms with Gasteiger partial charge in [0.05, 0.1) is 0 Å². The summed E-state index contributed by atoms with van der Waals surface area (Å²) in [7, 11) is 0. The molecule has 0 spiro atoms. The molecule has 0 bridgehead atoms. The molecular weight excluding hydrogens is 721 g/mol. The number of esters is 3. The van der Waals surface area contributed by atoms with Gasteiger partial charge in [-0.15, -0.1) is 0 Å². The number of carbonyl (C=O) groups is 3. The second-order valence-electron chi connectivity index (χ2n) is 18.8. The molecule has 0 amide bonds. The van der Waals surface area contributed by atoms with Crippen LogP contribution in [-0.2, 0) is 28.6 Å². The summed E-state index contributed by atoms with van der Waals surface area (Å²) < 4.78 is 16.7. The summed E-state index contributed by atoms with van der Waals surface area (Å²) in [5, 5.41) is 0. The third kappa shape index (κ3) is 45.5. The van der Waals surface area contributed by atoms with E-state index in [4.69, 9.17) is 14.2 Å². The van der Waals surface area contributed by atoms with Crippen LogP contribution in [0, 0.1) is 11.8 Å². The number of rotatable bonds is 46. The molecule has 58 heavy (non-hydrogen) atoms. The summed E-state index contributed by atoms with van der Waals surface area (Å²) in [5.41, 5.74) is 0. The van der Waals surface area contributed by atoms with Gasteiger partial charge < -0.3 is 14.2 Å². The lowest BCUT2D eigenvalue weighted by atomic mass is 10.0. The highest BCUT2D eigenvalue weighted by molar-refractivity contribution is 5.71. The molecule has 0 aromatic carbocycles. The first-order valence-corrected chi connectivity index (χ1v) is 25.7. The molecule has 6 heteroatoms. The van der Waals surface area contributed by atoms with Gasteiger partial charge in [-0.1, -0.05) is 247 Å². The van der Waals surface area contributed by atoms with Crippen LogP contribution in [-0.4, -0.2) is 37.2 Å². The SMILES string of the molecule is CCCCCCCC(=O)O[C@@H](COC(=O)CCCCCCCCCCCCCCCCCC(C)C)COC(=O)CCCCCCCCCCCCCCCCC(C)C. The zero-order chi connectivity index (χ0) is 42.6. The standard InChI is InChI=1S/C52H100O6/c1-6-7-8-30-39-44-52(55)58-49(46-57-51(54)43-38-34-29-25-21-17-13-12-15-19-23-27-32-36-41-48(4)5)45-56-50(53)42-37-33-28-24-20-16-11-9-10-14-18-22-26-31-35-40-47(2)3/h47-49H,6-46H2,1-5H3/t49-/m0/s1. The third-order valence-corrected chi connectivity index (χ3v) is 11.7. The molecule has 0 heterocycles. The highest BCUT2D eigenvalue weighted by Crippen LogP contribution is 2.17. The van der Waals surface area contributed by atoms with Crippen LogP contribution in [0.15, 0.2) is 0 Å². The smallest absolute Gasteiger partial charge is 0.306 e. The Labute approximate surface area is 361 Å². The van der Waals surface area contributed by atoms with E-state index in [1.807, 2.05) is 0 Å². The Morgan fingerprint density at radius 3 is 0.845 bits per heavy atom. The van der Waals surface area contributed by atoms with Crippen molar-refractivity contribution < 1.29 is 28.6 Å². The molecule has 0 aliphatic rings. The van der Waals surface area contributed by atoms with Gasteiger partial charge >= 0.3 is 17.9 Å². The zero-order valence-electron chi connectivity index (χ0n) is 39.7. The van der Waals surface area contributed by atoms with E-state index in [1.54, 1.807) is 0 Å². The van der Waals surface area contributed by atoms with Gasteiger partial charge in [-0.25, -0.2) is 0 Å². The predicted molar refractivity (Wildman–Crippen MR) is 247 cm³/mol. The van der Waals surface area contributed by atoms with Gasteiger partial charge in [0, 0.05) is 19.3 Å². The van der Waals surface area contributed by atoms with Gasteiger partial charge in [-0.3, -0.25) is 14.4 Å². The van der Waals surface area contributed by atoms with Crippen molar-refractivity contribution in [1.29, 1.82) is 0 Å². The van der Waals surface area contributed by atoms with Crippen LogP contribution >= 0.6 is 0 Å². The molecule has 0 aromatic heterocycles. The summed E-state index contributed by atoms with van der Waals surface area (Å²) in [6, 6.07) is 0. The Kier molecular flexibility index (Phi) is 43.7. The Bertz CT molecular complexity index is 885. The van der Waals surface area contributed by atoms with Crippen molar-refractivity contribution in [3.63, 3.8) is 0 Å². The van der Waals surface area contributed by atoms with Gasteiger partial charge in [0.25, 0.3) is 0 Å². The Hall–Kier alpha value is -1.59. The third-order valence-electron chi connectivity index (χ3n) is 11.7. The average Bonchev–Trinajstić information content (AvgIpc) is 3.19. The molecule has 0 saturated carbocycles. The maximum absolute atomic E-state index is 12.6. The van der Waals surface area contributed by atoms with E-state index in [0.717, 1.165) is 76.0 Å². The number of ether oxygens (including phenoxy) is 3. The molecule has 0 aliphatic heterocycles. The Balaban J connectivity index is 4.05. The summed E-state index contributed by atoms with van der Waals surface area (Å²) in [4.78, 5) is 37.6. The van der Waals surface area contributed by atoms with Gasteiger partial charge in [0.1, 0.15) is 13.2 Å². The summed E-state index contributed by atoms with van der Waals surface area (Å²) in [6.45, 7) is 11.3. The molecule has 344 valence electrons. The van der Waals surface area contributed by atoms with Crippen molar-refractivity contribution in [2.24, 2.45) is 11.8 Å². The van der Waals surface area contributed by atoms with Crippen LogP contribution in [0.2, 0.25) is 0 Å². The minimum atomic E-state index is -0.759. The van der Waals surface area contributed by atoms with E-state index in [1.165, 1.54) is 167 Å². The Morgan fingerprint density at radius 1 is 0.328 bits per heavy atom. The molecular formula is C52H100O6. The monoisotopic (exact) mass is 821 g/mol. The lowest BCUT2D eigenvalue weighted by molar-refractivity contribution is -0.167. The molecule has 6 nitrogen and oxygen atoms in total. The minimum Gasteiger partial charge on any atom is -0.462 e. The fourth-order valence-electron chi connectivity index (χ4n) is 7.81. The van der Waals surface area contributed by atoms with Crippen molar-refractivity contribution in [2.75, 3.05) is 13.2 Å². The normalized spacial score (nSPS) is 12.1. The van der Waals surface area contributed by atoms with Gasteiger partial charge in [-0.2, -0.15) is 0 Å². The first-order chi connectivity index (χ1) is 28.2. The van der Waals surface area contributed by atoms with E-state index in [9.17, 15) is 14.4 Å².